The standard InChI is InChI=1S/C49H85O3Si2.Y/c1-8-10-38-49(39-25-21-15-13-11-12-14-19-23-32-44-34-27-36-46(50)41-44)54(6,7)52-53(4,5)48(29-9-2)40-26-31-43(3)30-22-18-16-17-20-24-33-45-35-28-37-47(51)42-45;/h21,27-28,34-37,40-43,49-51H,8-20,22-26,29-33,38-39H2,1-7H3;/q-1;/b48-40-;. The third kappa shape index (κ3) is 24.7. The van der Waals surface area contributed by atoms with Crippen molar-refractivity contribution in [1.29, 1.82) is 0 Å². The van der Waals surface area contributed by atoms with Gasteiger partial charge in [0.25, 0.3) is 0 Å². The molecule has 0 amide bonds. The molecule has 0 bridgehead atoms. The van der Waals surface area contributed by atoms with Crippen molar-refractivity contribution in [2.75, 3.05) is 0 Å². The SMILES string of the molecule is CCCCC(CC[CH-]CCCCCCCCc1cccc(O)c1)[Si](C)(C)O[Si](C)(C)/C(=C\CCC(C)CCCCCCCCc1cccc(O)c1)CCC.[Y]. The molecule has 2 N–H and O–H groups in total. The van der Waals surface area contributed by atoms with Gasteiger partial charge in [-0.05, 0) is 118 Å². The average molecular weight is 867 g/mol. The van der Waals surface area contributed by atoms with E-state index in [1.807, 2.05) is 24.3 Å². The van der Waals surface area contributed by atoms with Gasteiger partial charge in [-0.2, -0.15) is 12.8 Å². The zero-order chi connectivity index (χ0) is 39.5. The van der Waals surface area contributed by atoms with Gasteiger partial charge in [-0.15, -0.1) is 0 Å². The number of hydrogen-bond acceptors (Lipinski definition) is 3. The molecule has 0 spiro atoms. The Labute approximate surface area is 368 Å². The second-order valence-electron chi connectivity index (χ2n) is 17.7. The normalized spacial score (nSPS) is 13.5. The van der Waals surface area contributed by atoms with Crippen molar-refractivity contribution in [3.63, 3.8) is 0 Å². The Balaban J connectivity index is 0.0000151. The Morgan fingerprint density at radius 1 is 0.655 bits per heavy atom. The fourth-order valence-corrected chi connectivity index (χ4v) is 18.1. The van der Waals surface area contributed by atoms with Crippen molar-refractivity contribution in [1.82, 2.24) is 0 Å². The van der Waals surface area contributed by atoms with Crippen LogP contribution in [0.1, 0.15) is 180 Å². The van der Waals surface area contributed by atoms with E-state index in [-0.39, 0.29) is 32.7 Å². The van der Waals surface area contributed by atoms with Crippen LogP contribution >= 0.6 is 0 Å². The van der Waals surface area contributed by atoms with Gasteiger partial charge in [0, 0.05) is 32.7 Å². The number of aromatic hydroxyl groups is 2. The number of unbranched alkanes of at least 4 members (excludes halogenated alkanes) is 14. The van der Waals surface area contributed by atoms with E-state index in [9.17, 15) is 10.2 Å². The number of aryl methyl sites for hydroxylation is 2. The van der Waals surface area contributed by atoms with E-state index >= 15 is 0 Å². The zero-order valence-electron chi connectivity index (χ0n) is 37.0. The van der Waals surface area contributed by atoms with Gasteiger partial charge in [-0.25, -0.2) is 0 Å². The molecule has 1 radical (unpaired) electrons. The van der Waals surface area contributed by atoms with Gasteiger partial charge in [0.15, 0.2) is 8.32 Å². The molecular weight excluding hydrogens is 782 g/mol. The van der Waals surface area contributed by atoms with Crippen molar-refractivity contribution in [3.05, 3.63) is 77.4 Å². The third-order valence-electron chi connectivity index (χ3n) is 11.8. The second kappa shape index (κ2) is 31.2. The van der Waals surface area contributed by atoms with Crippen LogP contribution in [0.3, 0.4) is 0 Å². The van der Waals surface area contributed by atoms with E-state index in [4.69, 9.17) is 4.12 Å². The molecule has 0 saturated carbocycles. The molecule has 0 aliphatic rings. The molecule has 55 heavy (non-hydrogen) atoms. The van der Waals surface area contributed by atoms with Gasteiger partial charge < -0.3 is 20.7 Å². The fraction of sp³-hybridized carbons (Fsp3) is 0.694. The van der Waals surface area contributed by atoms with E-state index < -0.39 is 16.6 Å². The smallest absolute Gasteiger partial charge is 0.201 e. The van der Waals surface area contributed by atoms with Crippen LogP contribution in [0.2, 0.25) is 31.7 Å². The summed E-state index contributed by atoms with van der Waals surface area (Å²) < 4.78 is 7.46. The summed E-state index contributed by atoms with van der Waals surface area (Å²) in [6, 6.07) is 15.5. The third-order valence-corrected chi connectivity index (χ3v) is 20.5. The molecule has 311 valence electrons. The maximum Gasteiger partial charge on any atom is 0.201 e. The number of allylic oxidation sites excluding steroid dienone is 2. The van der Waals surface area contributed by atoms with Crippen LogP contribution in [0.5, 0.6) is 11.5 Å². The molecule has 0 saturated heterocycles. The number of hydrogen-bond donors (Lipinski definition) is 2. The molecule has 0 aliphatic heterocycles. The fourth-order valence-electron chi connectivity index (χ4n) is 8.44. The van der Waals surface area contributed by atoms with Crippen molar-refractivity contribution in [3.8, 4) is 11.5 Å². The summed E-state index contributed by atoms with van der Waals surface area (Å²) in [5, 5.41) is 21.0. The predicted molar refractivity (Wildman–Crippen MR) is 243 cm³/mol. The number of phenols is 2. The van der Waals surface area contributed by atoms with Crippen LogP contribution in [0.15, 0.2) is 59.8 Å². The van der Waals surface area contributed by atoms with Crippen LogP contribution < -0.4 is 0 Å². The summed E-state index contributed by atoms with van der Waals surface area (Å²) in [4.78, 5) is 0. The van der Waals surface area contributed by atoms with Crippen LogP contribution in [0.25, 0.3) is 0 Å². The van der Waals surface area contributed by atoms with E-state index in [2.05, 4.69) is 71.6 Å². The number of phenolic OH excluding ortho intramolecular Hbond substituents is 2. The molecule has 6 heteroatoms. The van der Waals surface area contributed by atoms with Crippen molar-refractivity contribution in [2.45, 2.75) is 213 Å². The van der Waals surface area contributed by atoms with Gasteiger partial charge >= 0.3 is 0 Å². The first-order valence-corrected chi connectivity index (χ1v) is 28.6. The molecule has 0 aromatic heterocycles. The largest absolute Gasteiger partial charge is 0.508 e. The summed E-state index contributed by atoms with van der Waals surface area (Å²) >= 11 is 0. The van der Waals surface area contributed by atoms with Crippen molar-refractivity contribution < 1.29 is 47.0 Å². The molecule has 0 heterocycles. The number of rotatable bonds is 33. The summed E-state index contributed by atoms with van der Waals surface area (Å²) in [6.45, 7) is 17.3. The monoisotopic (exact) mass is 867 g/mol. The summed E-state index contributed by atoms with van der Waals surface area (Å²) in [6.07, 6.45) is 37.2. The maximum atomic E-state index is 9.66. The Kier molecular flexibility index (Phi) is 29.7. The molecule has 0 fully saturated rings. The minimum Gasteiger partial charge on any atom is -0.508 e. The first kappa shape index (κ1) is 52.3. The molecule has 2 unspecified atom stereocenters. The predicted octanol–water partition coefficient (Wildman–Crippen LogP) is 16.0. The van der Waals surface area contributed by atoms with Crippen LogP contribution in [-0.4, -0.2) is 26.8 Å². The molecule has 2 aromatic rings. The van der Waals surface area contributed by atoms with Gasteiger partial charge in [0.2, 0.25) is 8.32 Å². The van der Waals surface area contributed by atoms with Gasteiger partial charge in [-0.3, -0.25) is 0 Å². The first-order valence-electron chi connectivity index (χ1n) is 22.7. The Morgan fingerprint density at radius 2 is 1.20 bits per heavy atom. The Hall–Kier alpha value is -0.722. The molecule has 2 aromatic carbocycles. The van der Waals surface area contributed by atoms with Crippen LogP contribution in [0.4, 0.5) is 0 Å². The van der Waals surface area contributed by atoms with E-state index in [1.165, 1.54) is 159 Å². The van der Waals surface area contributed by atoms with E-state index in [1.54, 1.807) is 17.3 Å². The minimum atomic E-state index is -1.95. The average Bonchev–Trinajstić information content (AvgIpc) is 3.12. The molecular formula is C49H85O3Si2Y-. The summed E-state index contributed by atoms with van der Waals surface area (Å²) in [7, 11) is -3.80. The molecule has 0 aliphatic carbocycles. The zero-order valence-corrected chi connectivity index (χ0v) is 41.8. The Bertz CT molecular complexity index is 1260. The van der Waals surface area contributed by atoms with Crippen molar-refractivity contribution in [2.24, 2.45) is 5.92 Å². The van der Waals surface area contributed by atoms with E-state index in [0.717, 1.165) is 24.3 Å². The molecule has 2 atom stereocenters. The maximum absolute atomic E-state index is 9.66. The van der Waals surface area contributed by atoms with Crippen LogP contribution in [-0.2, 0) is 49.7 Å². The Morgan fingerprint density at radius 3 is 1.75 bits per heavy atom. The first-order chi connectivity index (χ1) is 26.0. The van der Waals surface area contributed by atoms with Gasteiger partial charge in [-0.1, -0.05) is 159 Å². The van der Waals surface area contributed by atoms with Gasteiger partial charge in [0.1, 0.15) is 11.5 Å². The number of benzene rings is 2. The summed E-state index contributed by atoms with van der Waals surface area (Å²) in [5.41, 5.74) is 3.26. The summed E-state index contributed by atoms with van der Waals surface area (Å²) in [5.74, 6) is 1.57. The molecule has 3 nitrogen and oxygen atoms in total. The van der Waals surface area contributed by atoms with Crippen molar-refractivity contribution >= 4 is 16.6 Å². The van der Waals surface area contributed by atoms with E-state index in [0.29, 0.717) is 11.5 Å². The molecule has 2 rings (SSSR count). The van der Waals surface area contributed by atoms with Gasteiger partial charge in [0.05, 0.1) is 0 Å². The second-order valence-corrected chi connectivity index (χ2v) is 26.2. The van der Waals surface area contributed by atoms with Crippen LogP contribution in [0, 0.1) is 12.3 Å². The topological polar surface area (TPSA) is 49.7 Å². The quantitative estimate of drug-likeness (QED) is 0.0427. The minimum absolute atomic E-state index is 0.